The quantitative estimate of drug-likeness (QED) is 0.715. The predicted octanol–water partition coefficient (Wildman–Crippen LogP) is 0.959. The number of amides is 1. The largest absolute Gasteiger partial charge is 0.326 e. The van der Waals surface area contributed by atoms with Gasteiger partial charge in [-0.2, -0.15) is 0 Å². The number of halogens is 1. The number of carbonyl (C=O) groups excluding carboxylic acids is 1. The predicted molar refractivity (Wildman–Crippen MR) is 82.4 cm³/mol. The summed E-state index contributed by atoms with van der Waals surface area (Å²) in [5, 5.41) is 2.69. The molecule has 1 amide bonds. The van der Waals surface area contributed by atoms with Gasteiger partial charge in [0.1, 0.15) is 0 Å². The lowest BCUT2D eigenvalue weighted by atomic mass is 10.2. The highest BCUT2D eigenvalue weighted by atomic mass is 79.9. The Morgan fingerprint density at radius 1 is 1.43 bits per heavy atom. The highest BCUT2D eigenvalue weighted by molar-refractivity contribution is 9.10. The van der Waals surface area contributed by atoms with Gasteiger partial charge in [0, 0.05) is 22.7 Å². The lowest BCUT2D eigenvalue weighted by Crippen LogP contribution is -2.38. The van der Waals surface area contributed by atoms with Crippen molar-refractivity contribution in [2.24, 2.45) is 11.7 Å². The number of benzene rings is 1. The lowest BCUT2D eigenvalue weighted by Gasteiger charge is -2.14. The Bertz CT molecular complexity index is 701. The second kappa shape index (κ2) is 5.35. The van der Waals surface area contributed by atoms with E-state index in [0.29, 0.717) is 21.6 Å². The zero-order valence-electron chi connectivity index (χ0n) is 11.2. The molecule has 6 nitrogen and oxygen atoms in total. The maximum Gasteiger partial charge on any atom is 0.241 e. The van der Waals surface area contributed by atoms with Gasteiger partial charge in [0.25, 0.3) is 0 Å². The van der Waals surface area contributed by atoms with Crippen molar-refractivity contribution in [1.82, 2.24) is 4.72 Å². The van der Waals surface area contributed by atoms with E-state index in [1.807, 2.05) is 0 Å². The minimum absolute atomic E-state index is 0.129. The SMILES string of the molecule is NC(CNS(=O)(=O)c1cc2c(cc1Br)NC(=O)C2)C1CC1. The summed E-state index contributed by atoms with van der Waals surface area (Å²) in [5.74, 6) is 0.299. The molecule has 0 aromatic heterocycles. The van der Waals surface area contributed by atoms with Gasteiger partial charge in [0.05, 0.1) is 11.3 Å². The van der Waals surface area contributed by atoms with Gasteiger partial charge in [-0.3, -0.25) is 4.79 Å². The van der Waals surface area contributed by atoms with Gasteiger partial charge < -0.3 is 11.1 Å². The molecule has 1 aliphatic carbocycles. The molecular weight excluding hydrogens is 358 g/mol. The van der Waals surface area contributed by atoms with E-state index in [4.69, 9.17) is 5.73 Å². The average Bonchev–Trinajstić information content (AvgIpc) is 3.18. The van der Waals surface area contributed by atoms with Gasteiger partial charge in [-0.15, -0.1) is 0 Å². The van der Waals surface area contributed by atoms with Crippen LogP contribution in [0.25, 0.3) is 0 Å². The number of carbonyl (C=O) groups is 1. The minimum Gasteiger partial charge on any atom is -0.326 e. The smallest absolute Gasteiger partial charge is 0.241 e. The van der Waals surface area contributed by atoms with Crippen LogP contribution in [0, 0.1) is 5.92 Å². The van der Waals surface area contributed by atoms with Gasteiger partial charge in [-0.25, -0.2) is 13.1 Å². The highest BCUT2D eigenvalue weighted by Gasteiger charge is 2.30. The first-order chi connectivity index (χ1) is 9.87. The number of hydrogen-bond acceptors (Lipinski definition) is 4. The van der Waals surface area contributed by atoms with Crippen LogP contribution in [-0.2, 0) is 21.2 Å². The Hall–Kier alpha value is -0.960. The van der Waals surface area contributed by atoms with E-state index in [2.05, 4.69) is 26.0 Å². The summed E-state index contributed by atoms with van der Waals surface area (Å²) < 4.78 is 27.7. The van der Waals surface area contributed by atoms with E-state index >= 15 is 0 Å². The second-order valence-electron chi connectivity index (χ2n) is 5.52. The zero-order chi connectivity index (χ0) is 15.2. The summed E-state index contributed by atoms with van der Waals surface area (Å²) in [6.45, 7) is 0.230. The fourth-order valence-corrected chi connectivity index (χ4v) is 4.57. The molecule has 2 aliphatic rings. The number of nitrogens with two attached hydrogens (primary N) is 1. The number of anilines is 1. The minimum atomic E-state index is -3.65. The number of nitrogens with one attached hydrogen (secondary N) is 2. The van der Waals surface area contributed by atoms with Crippen molar-refractivity contribution in [3.63, 3.8) is 0 Å². The van der Waals surface area contributed by atoms with Crippen LogP contribution in [0.15, 0.2) is 21.5 Å². The summed E-state index contributed by atoms with van der Waals surface area (Å²) in [5.41, 5.74) is 7.26. The third-order valence-electron chi connectivity index (χ3n) is 3.81. The van der Waals surface area contributed by atoms with Crippen LogP contribution in [0.1, 0.15) is 18.4 Å². The molecule has 1 heterocycles. The van der Waals surface area contributed by atoms with Crippen molar-refractivity contribution in [2.75, 3.05) is 11.9 Å². The van der Waals surface area contributed by atoms with Crippen LogP contribution in [-0.4, -0.2) is 26.9 Å². The summed E-state index contributed by atoms with van der Waals surface area (Å²) in [6, 6.07) is 3.01. The third-order valence-corrected chi connectivity index (χ3v) is 6.19. The molecule has 1 aromatic carbocycles. The summed E-state index contributed by atoms with van der Waals surface area (Å²) in [7, 11) is -3.65. The van der Waals surface area contributed by atoms with Crippen LogP contribution in [0.5, 0.6) is 0 Å². The Labute approximate surface area is 131 Å². The molecule has 21 heavy (non-hydrogen) atoms. The maximum absolute atomic E-state index is 12.4. The van der Waals surface area contributed by atoms with Gasteiger partial charge in [-0.1, -0.05) is 0 Å². The fraction of sp³-hybridized carbons (Fsp3) is 0.462. The Kier molecular flexibility index (Phi) is 3.81. The first kappa shape index (κ1) is 15.0. The van der Waals surface area contributed by atoms with E-state index in [1.54, 1.807) is 6.07 Å². The van der Waals surface area contributed by atoms with E-state index in [9.17, 15) is 13.2 Å². The van der Waals surface area contributed by atoms with E-state index in [-0.39, 0.29) is 29.8 Å². The molecule has 1 aromatic rings. The van der Waals surface area contributed by atoms with Gasteiger partial charge in [-0.05, 0) is 52.4 Å². The maximum atomic E-state index is 12.4. The van der Waals surface area contributed by atoms with Crippen LogP contribution in [0.4, 0.5) is 5.69 Å². The monoisotopic (exact) mass is 373 g/mol. The fourth-order valence-electron chi connectivity index (χ4n) is 2.41. The number of hydrogen-bond donors (Lipinski definition) is 3. The van der Waals surface area contributed by atoms with Crippen LogP contribution < -0.4 is 15.8 Å². The molecule has 0 spiro atoms. The molecule has 1 saturated carbocycles. The zero-order valence-corrected chi connectivity index (χ0v) is 13.6. The molecule has 0 radical (unpaired) electrons. The first-order valence-corrected chi connectivity index (χ1v) is 9.02. The number of rotatable bonds is 5. The van der Waals surface area contributed by atoms with Gasteiger partial charge in [0.15, 0.2) is 0 Å². The molecular formula is C13H16BrN3O3S. The Morgan fingerprint density at radius 2 is 2.14 bits per heavy atom. The standard InChI is InChI=1S/C13H16BrN3O3S/c14-9-5-11-8(4-13(18)17-11)3-12(9)21(19,20)16-6-10(15)7-1-2-7/h3,5,7,10,16H,1-2,4,6,15H2,(H,17,18). The third kappa shape index (κ3) is 3.13. The molecule has 3 rings (SSSR count). The van der Waals surface area contributed by atoms with Gasteiger partial charge in [0.2, 0.25) is 15.9 Å². The van der Waals surface area contributed by atoms with Crippen molar-refractivity contribution in [3.8, 4) is 0 Å². The normalized spacial score (nSPS) is 19.2. The van der Waals surface area contributed by atoms with Crippen molar-refractivity contribution in [2.45, 2.75) is 30.2 Å². The van der Waals surface area contributed by atoms with E-state index in [1.165, 1.54) is 6.07 Å². The number of sulfonamides is 1. The molecule has 1 unspecified atom stereocenters. The average molecular weight is 374 g/mol. The molecule has 1 aliphatic heterocycles. The van der Waals surface area contributed by atoms with Crippen LogP contribution in [0.2, 0.25) is 0 Å². The topological polar surface area (TPSA) is 101 Å². The Morgan fingerprint density at radius 3 is 2.81 bits per heavy atom. The first-order valence-electron chi connectivity index (χ1n) is 6.74. The van der Waals surface area contributed by atoms with E-state index in [0.717, 1.165) is 12.8 Å². The second-order valence-corrected chi connectivity index (χ2v) is 8.11. The Balaban J connectivity index is 1.81. The highest BCUT2D eigenvalue weighted by Crippen LogP contribution is 2.33. The summed E-state index contributed by atoms with van der Waals surface area (Å²) >= 11 is 3.25. The molecule has 4 N–H and O–H groups in total. The molecule has 1 atom stereocenters. The molecule has 1 fully saturated rings. The lowest BCUT2D eigenvalue weighted by molar-refractivity contribution is -0.115. The van der Waals surface area contributed by atoms with Crippen molar-refractivity contribution in [3.05, 3.63) is 22.2 Å². The van der Waals surface area contributed by atoms with Gasteiger partial charge >= 0.3 is 0 Å². The summed E-state index contributed by atoms with van der Waals surface area (Å²) in [4.78, 5) is 11.5. The molecule has 114 valence electrons. The van der Waals surface area contributed by atoms with Crippen molar-refractivity contribution >= 4 is 37.5 Å². The molecule has 0 bridgehead atoms. The van der Waals surface area contributed by atoms with Crippen LogP contribution in [0.3, 0.4) is 0 Å². The van der Waals surface area contributed by atoms with Crippen molar-refractivity contribution in [1.29, 1.82) is 0 Å². The number of fused-ring (bicyclic) bond motifs is 1. The molecule has 8 heteroatoms. The summed E-state index contributed by atoms with van der Waals surface area (Å²) in [6.07, 6.45) is 2.34. The van der Waals surface area contributed by atoms with Crippen LogP contribution >= 0.6 is 15.9 Å². The van der Waals surface area contributed by atoms with Crippen molar-refractivity contribution < 1.29 is 13.2 Å². The molecule has 0 saturated heterocycles. The van der Waals surface area contributed by atoms with E-state index < -0.39 is 10.0 Å².